The Morgan fingerprint density at radius 2 is 1.93 bits per heavy atom. The molecule has 0 fully saturated rings. The van der Waals surface area contributed by atoms with Crippen molar-refractivity contribution in [2.45, 2.75) is 6.42 Å². The molecule has 1 aliphatic carbocycles. The van der Waals surface area contributed by atoms with Crippen LogP contribution in [0.5, 0.6) is 5.75 Å². The van der Waals surface area contributed by atoms with Crippen LogP contribution in [0.1, 0.15) is 12.0 Å². The van der Waals surface area contributed by atoms with Crippen LogP contribution in [-0.2, 0) is 0 Å². The molecule has 0 N–H and O–H groups in total. The van der Waals surface area contributed by atoms with E-state index in [2.05, 4.69) is 33.5 Å². The van der Waals surface area contributed by atoms with Gasteiger partial charge in [-0.05, 0) is 35.0 Å². The van der Waals surface area contributed by atoms with Crippen LogP contribution in [0, 0.1) is 0 Å². The van der Waals surface area contributed by atoms with Gasteiger partial charge in [0.1, 0.15) is 5.75 Å². The van der Waals surface area contributed by atoms with E-state index in [-0.39, 0.29) is 0 Å². The molecule has 14 heavy (non-hydrogen) atoms. The lowest BCUT2D eigenvalue weighted by Crippen LogP contribution is -1.84. The Morgan fingerprint density at radius 3 is 2.43 bits per heavy atom. The molecular formula is C12H13OP. The molecule has 0 saturated heterocycles. The maximum atomic E-state index is 5.12. The van der Waals surface area contributed by atoms with Crippen molar-refractivity contribution in [3.63, 3.8) is 0 Å². The summed E-state index contributed by atoms with van der Waals surface area (Å²) in [7, 11) is 4.48. The zero-order valence-corrected chi connectivity index (χ0v) is 9.31. The predicted molar refractivity (Wildman–Crippen MR) is 63.4 cm³/mol. The van der Waals surface area contributed by atoms with E-state index in [1.807, 2.05) is 12.1 Å². The van der Waals surface area contributed by atoms with Gasteiger partial charge in [-0.1, -0.05) is 24.3 Å². The molecule has 1 unspecified atom stereocenters. The van der Waals surface area contributed by atoms with Crippen molar-refractivity contribution in [3.05, 3.63) is 47.3 Å². The summed E-state index contributed by atoms with van der Waals surface area (Å²) in [5.41, 5.74) is 2.57. The first-order valence-electron chi connectivity index (χ1n) is 4.61. The highest BCUT2D eigenvalue weighted by Gasteiger charge is 2.06. The smallest absolute Gasteiger partial charge is 0.118 e. The van der Waals surface area contributed by atoms with E-state index in [9.17, 15) is 0 Å². The quantitative estimate of drug-likeness (QED) is 0.672. The Balaban J connectivity index is 2.34. The zero-order chi connectivity index (χ0) is 9.97. The summed E-state index contributed by atoms with van der Waals surface area (Å²) in [5, 5.41) is 1.36. The lowest BCUT2D eigenvalue weighted by molar-refractivity contribution is 0.415. The molecule has 1 atom stereocenters. The van der Waals surface area contributed by atoms with Crippen LogP contribution < -0.4 is 4.74 Å². The summed E-state index contributed by atoms with van der Waals surface area (Å²) in [6.45, 7) is 0. The van der Waals surface area contributed by atoms with E-state index in [4.69, 9.17) is 4.74 Å². The van der Waals surface area contributed by atoms with Crippen LogP contribution in [0.15, 0.2) is 41.7 Å². The summed E-state index contributed by atoms with van der Waals surface area (Å²) >= 11 is 0. The molecule has 0 heterocycles. The van der Waals surface area contributed by atoms with Crippen molar-refractivity contribution >= 4 is 14.8 Å². The Labute approximate surface area is 86.7 Å². The minimum atomic E-state index is 0.904. The van der Waals surface area contributed by atoms with Gasteiger partial charge in [-0.3, -0.25) is 0 Å². The second-order valence-electron chi connectivity index (χ2n) is 3.27. The largest absolute Gasteiger partial charge is 0.497 e. The van der Waals surface area contributed by atoms with E-state index in [1.165, 1.54) is 16.5 Å². The van der Waals surface area contributed by atoms with Crippen LogP contribution in [0.25, 0.3) is 5.57 Å². The van der Waals surface area contributed by atoms with E-state index in [1.54, 1.807) is 7.11 Å². The maximum Gasteiger partial charge on any atom is 0.118 e. The zero-order valence-electron chi connectivity index (χ0n) is 8.16. The molecule has 0 aromatic heterocycles. The molecule has 0 aliphatic heterocycles. The Kier molecular flexibility index (Phi) is 2.69. The van der Waals surface area contributed by atoms with Crippen LogP contribution in [0.4, 0.5) is 0 Å². The molecule has 2 heteroatoms. The summed E-state index contributed by atoms with van der Waals surface area (Å²) in [6, 6.07) is 8.17. The van der Waals surface area contributed by atoms with Gasteiger partial charge >= 0.3 is 0 Å². The van der Waals surface area contributed by atoms with Gasteiger partial charge in [-0.15, -0.1) is 9.24 Å². The molecular weight excluding hydrogens is 191 g/mol. The van der Waals surface area contributed by atoms with Crippen LogP contribution in [0.3, 0.4) is 0 Å². The van der Waals surface area contributed by atoms with Crippen molar-refractivity contribution in [1.29, 1.82) is 0 Å². The average molecular weight is 204 g/mol. The molecule has 0 bridgehead atoms. The average Bonchev–Trinajstić information content (AvgIpc) is 2.65. The fraction of sp³-hybridized carbons (Fsp3) is 0.167. The standard InChI is InChI=1S/C12H13OP/c1-13-10-7-5-9(6-8-10)11-3-2-4-12(11)14/h2-3,5-8H,4,14H2,1H3. The van der Waals surface area contributed by atoms with Gasteiger partial charge < -0.3 is 4.74 Å². The van der Waals surface area contributed by atoms with Crippen molar-refractivity contribution in [2.24, 2.45) is 0 Å². The minimum absolute atomic E-state index is 0.904. The number of methoxy groups -OCH3 is 1. The van der Waals surface area contributed by atoms with Crippen LogP contribution >= 0.6 is 9.24 Å². The molecule has 2 rings (SSSR count). The van der Waals surface area contributed by atoms with Gasteiger partial charge in [-0.2, -0.15) is 0 Å². The molecule has 0 saturated carbocycles. The molecule has 0 amide bonds. The maximum absolute atomic E-state index is 5.12. The molecule has 72 valence electrons. The van der Waals surface area contributed by atoms with Gasteiger partial charge in [0.15, 0.2) is 0 Å². The predicted octanol–water partition coefficient (Wildman–Crippen LogP) is 3.24. The number of rotatable bonds is 2. The van der Waals surface area contributed by atoms with Gasteiger partial charge in [0.05, 0.1) is 7.11 Å². The summed E-state index contributed by atoms with van der Waals surface area (Å²) in [6.07, 6.45) is 5.40. The summed E-state index contributed by atoms with van der Waals surface area (Å²) < 4.78 is 5.12. The van der Waals surface area contributed by atoms with Crippen molar-refractivity contribution in [2.75, 3.05) is 7.11 Å². The third-order valence-electron chi connectivity index (χ3n) is 2.37. The SMILES string of the molecule is COc1ccc(C2=C(P)CC=C2)cc1. The molecule has 1 aromatic rings. The summed E-state index contributed by atoms with van der Waals surface area (Å²) in [5.74, 6) is 0.904. The Hall–Kier alpha value is -1.07. The molecule has 0 radical (unpaired) electrons. The normalized spacial score (nSPS) is 15.0. The molecule has 1 aromatic carbocycles. The Morgan fingerprint density at radius 1 is 1.21 bits per heavy atom. The summed E-state index contributed by atoms with van der Waals surface area (Å²) in [4.78, 5) is 0. The fourth-order valence-electron chi connectivity index (χ4n) is 1.57. The van der Waals surface area contributed by atoms with Gasteiger partial charge in [0, 0.05) is 0 Å². The first-order valence-corrected chi connectivity index (χ1v) is 5.18. The highest BCUT2D eigenvalue weighted by atomic mass is 31.0. The highest BCUT2D eigenvalue weighted by Crippen LogP contribution is 2.32. The fourth-order valence-corrected chi connectivity index (χ4v) is 1.97. The van der Waals surface area contributed by atoms with E-state index < -0.39 is 0 Å². The molecule has 1 nitrogen and oxygen atoms in total. The Bertz CT molecular complexity index is 387. The number of hydrogen-bond donors (Lipinski definition) is 0. The first kappa shape index (κ1) is 9.48. The number of benzene rings is 1. The number of hydrogen-bond acceptors (Lipinski definition) is 1. The second-order valence-corrected chi connectivity index (χ2v) is 3.97. The van der Waals surface area contributed by atoms with Gasteiger partial charge in [0.2, 0.25) is 0 Å². The third kappa shape index (κ3) is 1.73. The lowest BCUT2D eigenvalue weighted by Gasteiger charge is -2.04. The monoisotopic (exact) mass is 204 g/mol. The number of ether oxygens (including phenoxy) is 1. The second kappa shape index (κ2) is 3.98. The van der Waals surface area contributed by atoms with E-state index >= 15 is 0 Å². The van der Waals surface area contributed by atoms with Crippen LogP contribution in [-0.4, -0.2) is 7.11 Å². The molecule has 0 spiro atoms. The lowest BCUT2D eigenvalue weighted by atomic mass is 10.1. The van der Waals surface area contributed by atoms with Crippen LogP contribution in [0.2, 0.25) is 0 Å². The topological polar surface area (TPSA) is 9.23 Å². The van der Waals surface area contributed by atoms with Crippen molar-refractivity contribution < 1.29 is 4.74 Å². The van der Waals surface area contributed by atoms with E-state index in [0.29, 0.717) is 0 Å². The first-order chi connectivity index (χ1) is 6.81. The van der Waals surface area contributed by atoms with Crippen molar-refractivity contribution in [1.82, 2.24) is 0 Å². The third-order valence-corrected chi connectivity index (χ3v) is 2.92. The minimum Gasteiger partial charge on any atom is -0.497 e. The van der Waals surface area contributed by atoms with Crippen molar-refractivity contribution in [3.8, 4) is 5.75 Å². The van der Waals surface area contributed by atoms with E-state index in [0.717, 1.165) is 12.2 Å². The van der Waals surface area contributed by atoms with Gasteiger partial charge in [-0.25, -0.2) is 0 Å². The highest BCUT2D eigenvalue weighted by molar-refractivity contribution is 7.23. The molecule has 1 aliphatic rings. The van der Waals surface area contributed by atoms with Gasteiger partial charge in [0.25, 0.3) is 0 Å². The number of allylic oxidation sites excluding steroid dienone is 4.